The first-order chi connectivity index (χ1) is 18.6. The quantitative estimate of drug-likeness (QED) is 0.155. The van der Waals surface area contributed by atoms with E-state index in [1.54, 1.807) is 54.6 Å². The van der Waals surface area contributed by atoms with Gasteiger partial charge >= 0.3 is 5.97 Å². The smallest absolute Gasteiger partial charge is 0.343 e. The van der Waals surface area contributed by atoms with E-state index < -0.39 is 5.97 Å². The SMILES string of the molecule is O=C(Oc1ccc(Br)cc1C=Nn1c(-c2ccccc2)nc2ccccc2c1=O)c1ccc2c(c1)OCO2. The number of hydrogen-bond donors (Lipinski definition) is 0. The third-order valence-electron chi connectivity index (χ3n) is 5.88. The van der Waals surface area contributed by atoms with Crippen molar-refractivity contribution in [2.45, 2.75) is 0 Å². The summed E-state index contributed by atoms with van der Waals surface area (Å²) in [6.07, 6.45) is 1.47. The molecule has 186 valence electrons. The molecule has 0 spiro atoms. The Morgan fingerprint density at radius 1 is 0.947 bits per heavy atom. The molecule has 6 rings (SSSR count). The highest BCUT2D eigenvalue weighted by atomic mass is 79.9. The Bertz CT molecular complexity index is 1780. The molecule has 8 nitrogen and oxygen atoms in total. The monoisotopic (exact) mass is 567 g/mol. The van der Waals surface area contributed by atoms with Gasteiger partial charge in [-0.1, -0.05) is 58.4 Å². The highest BCUT2D eigenvalue weighted by Gasteiger charge is 2.19. The predicted octanol–water partition coefficient (Wildman–Crippen LogP) is 5.66. The molecule has 1 aromatic heterocycles. The topological polar surface area (TPSA) is 92.0 Å². The van der Waals surface area contributed by atoms with Crippen molar-refractivity contribution >= 4 is 39.0 Å². The largest absolute Gasteiger partial charge is 0.454 e. The number of halogens is 1. The second-order valence-electron chi connectivity index (χ2n) is 8.32. The Hall–Kier alpha value is -4.76. The number of benzene rings is 4. The molecule has 1 aliphatic heterocycles. The molecule has 0 saturated carbocycles. The van der Waals surface area contributed by atoms with E-state index in [0.717, 1.165) is 10.0 Å². The van der Waals surface area contributed by atoms with Gasteiger partial charge in [-0.3, -0.25) is 4.79 Å². The molecule has 0 radical (unpaired) electrons. The Balaban J connectivity index is 1.39. The van der Waals surface area contributed by atoms with Crippen molar-refractivity contribution < 1.29 is 19.0 Å². The van der Waals surface area contributed by atoms with Crippen LogP contribution in [0.25, 0.3) is 22.3 Å². The number of fused-ring (bicyclic) bond motifs is 2. The van der Waals surface area contributed by atoms with Gasteiger partial charge in [0, 0.05) is 15.6 Å². The van der Waals surface area contributed by atoms with Crippen molar-refractivity contribution in [3.05, 3.63) is 117 Å². The van der Waals surface area contributed by atoms with E-state index in [4.69, 9.17) is 19.2 Å². The number of rotatable bonds is 5. The zero-order chi connectivity index (χ0) is 26.1. The highest BCUT2D eigenvalue weighted by molar-refractivity contribution is 9.10. The summed E-state index contributed by atoms with van der Waals surface area (Å²) in [6.45, 7) is 0.106. The highest BCUT2D eigenvalue weighted by Crippen LogP contribution is 2.33. The summed E-state index contributed by atoms with van der Waals surface area (Å²) in [6, 6.07) is 26.4. The molecule has 2 heterocycles. The van der Waals surface area contributed by atoms with Crippen molar-refractivity contribution in [2.24, 2.45) is 5.10 Å². The zero-order valence-electron chi connectivity index (χ0n) is 19.7. The fourth-order valence-corrected chi connectivity index (χ4v) is 4.40. The molecular weight excluding hydrogens is 550 g/mol. The van der Waals surface area contributed by atoms with Crippen molar-refractivity contribution in [1.29, 1.82) is 0 Å². The van der Waals surface area contributed by atoms with Gasteiger partial charge in [-0.05, 0) is 48.5 Å². The van der Waals surface area contributed by atoms with E-state index in [0.29, 0.717) is 39.4 Å². The molecule has 0 atom stereocenters. The van der Waals surface area contributed by atoms with Gasteiger partial charge in [0.05, 0.1) is 22.7 Å². The van der Waals surface area contributed by atoms with Crippen LogP contribution in [-0.4, -0.2) is 28.6 Å². The van der Waals surface area contributed by atoms with Gasteiger partial charge in [-0.15, -0.1) is 0 Å². The number of esters is 1. The van der Waals surface area contributed by atoms with Crippen LogP contribution < -0.4 is 19.8 Å². The summed E-state index contributed by atoms with van der Waals surface area (Å²) in [5.74, 6) is 1.13. The second kappa shape index (κ2) is 9.95. The summed E-state index contributed by atoms with van der Waals surface area (Å²) >= 11 is 3.45. The minimum absolute atomic E-state index is 0.106. The van der Waals surface area contributed by atoms with Crippen LogP contribution in [0.1, 0.15) is 15.9 Å². The summed E-state index contributed by atoms with van der Waals surface area (Å²) in [5, 5.41) is 4.94. The Morgan fingerprint density at radius 3 is 2.61 bits per heavy atom. The lowest BCUT2D eigenvalue weighted by molar-refractivity contribution is 0.0734. The number of carbonyl (C=O) groups is 1. The first-order valence-electron chi connectivity index (χ1n) is 11.6. The number of hydrogen-bond acceptors (Lipinski definition) is 7. The van der Waals surface area contributed by atoms with Crippen LogP contribution in [0.3, 0.4) is 0 Å². The summed E-state index contributed by atoms with van der Waals surface area (Å²) in [4.78, 5) is 31.1. The lowest BCUT2D eigenvalue weighted by atomic mass is 10.2. The van der Waals surface area contributed by atoms with Gasteiger partial charge in [-0.2, -0.15) is 9.78 Å². The minimum Gasteiger partial charge on any atom is -0.454 e. The molecule has 1 aliphatic rings. The maximum absolute atomic E-state index is 13.4. The predicted molar refractivity (Wildman–Crippen MR) is 146 cm³/mol. The van der Waals surface area contributed by atoms with E-state index in [9.17, 15) is 9.59 Å². The van der Waals surface area contributed by atoms with Crippen molar-refractivity contribution in [3.8, 4) is 28.6 Å². The molecule has 38 heavy (non-hydrogen) atoms. The van der Waals surface area contributed by atoms with Crippen LogP contribution in [-0.2, 0) is 0 Å². The normalized spacial score (nSPS) is 12.2. The van der Waals surface area contributed by atoms with Crippen molar-refractivity contribution in [1.82, 2.24) is 9.66 Å². The Kier molecular flexibility index (Phi) is 6.19. The molecule has 0 aliphatic carbocycles. The number of carbonyl (C=O) groups excluding carboxylic acids is 1. The fourth-order valence-electron chi connectivity index (χ4n) is 4.02. The molecular formula is C29H18BrN3O5. The maximum Gasteiger partial charge on any atom is 0.343 e. The number of aromatic nitrogens is 2. The molecule has 5 aromatic rings. The fraction of sp³-hybridized carbons (Fsp3) is 0.0345. The van der Waals surface area contributed by atoms with Crippen LogP contribution in [0, 0.1) is 0 Å². The third kappa shape index (κ3) is 4.55. The van der Waals surface area contributed by atoms with E-state index in [-0.39, 0.29) is 18.1 Å². The third-order valence-corrected chi connectivity index (χ3v) is 6.37. The van der Waals surface area contributed by atoms with Gasteiger partial charge < -0.3 is 14.2 Å². The molecule has 0 amide bonds. The van der Waals surface area contributed by atoms with Gasteiger partial charge in [0.15, 0.2) is 17.3 Å². The standard InChI is InChI=1S/C29H18BrN3O5/c30-21-11-13-24(38-29(35)19-10-12-25-26(15-19)37-17-36-25)20(14-21)16-31-33-27(18-6-2-1-3-7-18)32-23-9-5-4-8-22(23)28(33)34/h1-16H,17H2. The zero-order valence-corrected chi connectivity index (χ0v) is 21.3. The summed E-state index contributed by atoms with van der Waals surface area (Å²) < 4.78 is 18.4. The summed E-state index contributed by atoms with van der Waals surface area (Å²) in [5.41, 5.74) is 1.77. The van der Waals surface area contributed by atoms with E-state index in [1.165, 1.54) is 10.9 Å². The number of ether oxygens (including phenoxy) is 3. The van der Waals surface area contributed by atoms with Gasteiger partial charge in [0.25, 0.3) is 5.56 Å². The molecule has 0 saturated heterocycles. The van der Waals surface area contributed by atoms with Gasteiger partial charge in [0.2, 0.25) is 6.79 Å². The van der Waals surface area contributed by atoms with Crippen LogP contribution in [0.2, 0.25) is 0 Å². The van der Waals surface area contributed by atoms with E-state index >= 15 is 0 Å². The molecule has 0 N–H and O–H groups in total. The van der Waals surface area contributed by atoms with Crippen LogP contribution in [0.5, 0.6) is 17.2 Å². The van der Waals surface area contributed by atoms with Crippen LogP contribution in [0.15, 0.2) is 105 Å². The number of nitrogens with zero attached hydrogens (tertiary/aromatic N) is 3. The first kappa shape index (κ1) is 23.6. The minimum atomic E-state index is -0.574. The Labute approximate surface area is 224 Å². The average Bonchev–Trinajstić information content (AvgIpc) is 3.42. The lowest BCUT2D eigenvalue weighted by Crippen LogP contribution is -2.20. The van der Waals surface area contributed by atoms with Gasteiger partial charge in [0.1, 0.15) is 5.75 Å². The molecule has 4 aromatic carbocycles. The van der Waals surface area contributed by atoms with Crippen molar-refractivity contribution in [2.75, 3.05) is 6.79 Å². The maximum atomic E-state index is 13.4. The Morgan fingerprint density at radius 2 is 1.74 bits per heavy atom. The molecule has 9 heteroatoms. The molecule has 0 unspecified atom stereocenters. The summed E-state index contributed by atoms with van der Waals surface area (Å²) in [7, 11) is 0. The van der Waals surface area contributed by atoms with Crippen molar-refractivity contribution in [3.63, 3.8) is 0 Å². The van der Waals surface area contributed by atoms with Gasteiger partial charge in [-0.25, -0.2) is 9.78 Å². The first-order valence-corrected chi connectivity index (χ1v) is 12.4. The van der Waals surface area contributed by atoms with E-state index in [1.807, 2.05) is 36.4 Å². The van der Waals surface area contributed by atoms with Crippen LogP contribution >= 0.6 is 15.9 Å². The lowest BCUT2D eigenvalue weighted by Gasteiger charge is -2.11. The molecule has 0 fully saturated rings. The molecule has 0 bridgehead atoms. The van der Waals surface area contributed by atoms with E-state index in [2.05, 4.69) is 21.0 Å². The second-order valence-corrected chi connectivity index (χ2v) is 9.24. The number of para-hydroxylation sites is 1. The average molecular weight is 568 g/mol. The van der Waals surface area contributed by atoms with Crippen LogP contribution in [0.4, 0.5) is 0 Å².